The molecule has 0 saturated carbocycles. The van der Waals surface area contributed by atoms with Crippen LogP contribution in [0, 0.1) is 0 Å². The smallest absolute Gasteiger partial charge is 0.300 e. The summed E-state index contributed by atoms with van der Waals surface area (Å²) in [7, 11) is 0. The van der Waals surface area contributed by atoms with Gasteiger partial charge in [-0.2, -0.15) is 0 Å². The minimum absolute atomic E-state index is 0.0759. The molecule has 8 nitrogen and oxygen atoms in total. The topological polar surface area (TPSA) is 98.4 Å². The van der Waals surface area contributed by atoms with E-state index in [9.17, 15) is 14.7 Å². The molecule has 1 unspecified atom stereocenters. The highest BCUT2D eigenvalue weighted by molar-refractivity contribution is 6.51. The highest BCUT2D eigenvalue weighted by Gasteiger charge is 2.48. The van der Waals surface area contributed by atoms with Crippen LogP contribution in [-0.4, -0.2) is 30.2 Å². The maximum absolute atomic E-state index is 13.1. The number of nitrogens with zero attached hydrogens (tertiary/aromatic N) is 1. The number of hydrogen-bond acceptors (Lipinski definition) is 7. The number of aliphatic hydroxyl groups is 1. The Morgan fingerprint density at radius 2 is 1.94 bits per heavy atom. The molecule has 5 rings (SSSR count). The summed E-state index contributed by atoms with van der Waals surface area (Å²) in [6, 6.07) is 14.0. The summed E-state index contributed by atoms with van der Waals surface area (Å²) in [5, 5.41) is 11.1. The standard InChI is InChI=1S/C24H19NO7/c1-2-29-16-6-3-5-15(12-16)25-21(18-7-4-10-30-18)20(23(27)24(25)28)22(26)14-8-9-17-19(11-14)32-13-31-17/h3-12,21,26H,2,13H2,1H3/b22-20-. The van der Waals surface area contributed by atoms with Crippen LogP contribution in [0.4, 0.5) is 5.69 Å². The van der Waals surface area contributed by atoms with Crippen molar-refractivity contribution >= 4 is 23.1 Å². The van der Waals surface area contributed by atoms with Crippen molar-refractivity contribution in [2.75, 3.05) is 18.3 Å². The van der Waals surface area contributed by atoms with Gasteiger partial charge in [-0.3, -0.25) is 14.5 Å². The fourth-order valence-electron chi connectivity index (χ4n) is 3.90. The molecule has 1 aromatic heterocycles. The molecule has 1 saturated heterocycles. The van der Waals surface area contributed by atoms with Crippen molar-refractivity contribution in [3.05, 3.63) is 77.8 Å². The van der Waals surface area contributed by atoms with E-state index in [1.165, 1.54) is 11.2 Å². The maximum atomic E-state index is 13.1. The van der Waals surface area contributed by atoms with Gasteiger partial charge in [-0.05, 0) is 49.4 Å². The fourth-order valence-corrected chi connectivity index (χ4v) is 3.90. The third-order valence-electron chi connectivity index (χ3n) is 5.31. The lowest BCUT2D eigenvalue weighted by molar-refractivity contribution is -0.132. The molecule has 2 aliphatic rings. The van der Waals surface area contributed by atoms with Crippen molar-refractivity contribution in [1.82, 2.24) is 0 Å². The molecule has 3 heterocycles. The Balaban J connectivity index is 1.66. The summed E-state index contributed by atoms with van der Waals surface area (Å²) in [6.07, 6.45) is 1.45. The number of furan rings is 1. The van der Waals surface area contributed by atoms with Gasteiger partial charge in [0.25, 0.3) is 11.7 Å². The summed E-state index contributed by atoms with van der Waals surface area (Å²) in [4.78, 5) is 27.5. The molecule has 0 radical (unpaired) electrons. The molecule has 2 aliphatic heterocycles. The first-order valence-corrected chi connectivity index (χ1v) is 10.1. The fraction of sp³-hybridized carbons (Fsp3) is 0.167. The first-order valence-electron chi connectivity index (χ1n) is 10.1. The predicted octanol–water partition coefficient (Wildman–Crippen LogP) is 4.03. The monoisotopic (exact) mass is 433 g/mol. The third-order valence-corrected chi connectivity index (χ3v) is 5.31. The van der Waals surface area contributed by atoms with Crippen molar-refractivity contribution in [3.8, 4) is 17.2 Å². The lowest BCUT2D eigenvalue weighted by Gasteiger charge is -2.23. The van der Waals surface area contributed by atoms with E-state index in [1.807, 2.05) is 6.92 Å². The number of aliphatic hydroxyl groups excluding tert-OH is 1. The average Bonchev–Trinajstić information content (AvgIpc) is 3.54. The lowest BCUT2D eigenvalue weighted by Crippen LogP contribution is -2.29. The van der Waals surface area contributed by atoms with Gasteiger partial charge in [0, 0.05) is 17.3 Å². The summed E-state index contributed by atoms with van der Waals surface area (Å²) in [5.74, 6) is -0.0361. The van der Waals surface area contributed by atoms with Gasteiger partial charge in [0.2, 0.25) is 6.79 Å². The van der Waals surface area contributed by atoms with Gasteiger partial charge >= 0.3 is 0 Å². The number of ketones is 1. The minimum Gasteiger partial charge on any atom is -0.507 e. The van der Waals surface area contributed by atoms with Gasteiger partial charge in [0.05, 0.1) is 18.4 Å². The Bertz CT molecular complexity index is 1230. The molecule has 0 aliphatic carbocycles. The van der Waals surface area contributed by atoms with E-state index in [4.69, 9.17) is 18.6 Å². The average molecular weight is 433 g/mol. The van der Waals surface area contributed by atoms with Gasteiger partial charge in [-0.25, -0.2) is 0 Å². The van der Waals surface area contributed by atoms with Crippen LogP contribution < -0.4 is 19.1 Å². The number of rotatable bonds is 5. The summed E-state index contributed by atoms with van der Waals surface area (Å²) in [6.45, 7) is 2.38. The Morgan fingerprint density at radius 3 is 2.72 bits per heavy atom. The number of hydrogen-bond donors (Lipinski definition) is 1. The summed E-state index contributed by atoms with van der Waals surface area (Å²) >= 11 is 0. The molecule has 0 spiro atoms. The van der Waals surface area contributed by atoms with Gasteiger partial charge < -0.3 is 23.7 Å². The molecule has 1 atom stereocenters. The molecule has 1 fully saturated rings. The molecule has 2 aromatic carbocycles. The quantitative estimate of drug-likeness (QED) is 0.368. The number of fused-ring (bicyclic) bond motifs is 1. The van der Waals surface area contributed by atoms with Crippen LogP contribution in [0.15, 0.2) is 70.9 Å². The highest BCUT2D eigenvalue weighted by Crippen LogP contribution is 2.44. The van der Waals surface area contributed by atoms with E-state index < -0.39 is 17.7 Å². The van der Waals surface area contributed by atoms with Crippen LogP contribution in [0.5, 0.6) is 17.2 Å². The van der Waals surface area contributed by atoms with Crippen LogP contribution in [0.3, 0.4) is 0 Å². The molecule has 8 heteroatoms. The van der Waals surface area contributed by atoms with Crippen molar-refractivity contribution in [3.63, 3.8) is 0 Å². The normalized spacial score (nSPS) is 18.9. The molecular weight excluding hydrogens is 414 g/mol. The molecule has 162 valence electrons. The number of benzene rings is 2. The number of Topliss-reactive ketones (excluding diaryl/α,β-unsaturated/α-hetero) is 1. The third kappa shape index (κ3) is 3.17. The zero-order valence-corrected chi connectivity index (χ0v) is 17.1. The SMILES string of the molecule is CCOc1cccc(N2C(=O)C(=O)/C(=C(\O)c3ccc4c(c3)OCO4)C2c2ccco2)c1. The minimum atomic E-state index is -0.952. The number of carbonyl (C=O) groups is 2. The first-order chi connectivity index (χ1) is 15.6. The van der Waals surface area contributed by atoms with Crippen molar-refractivity contribution in [2.45, 2.75) is 13.0 Å². The maximum Gasteiger partial charge on any atom is 0.300 e. The van der Waals surface area contributed by atoms with Crippen LogP contribution >= 0.6 is 0 Å². The molecule has 1 amide bonds. The van der Waals surface area contributed by atoms with Crippen molar-refractivity contribution in [1.29, 1.82) is 0 Å². The Kier molecular flexibility index (Phi) is 4.82. The summed E-state index contributed by atoms with van der Waals surface area (Å²) in [5.41, 5.74) is 0.696. The van der Waals surface area contributed by atoms with E-state index in [1.54, 1.807) is 54.6 Å². The Hall–Kier alpha value is -4.20. The van der Waals surface area contributed by atoms with Gasteiger partial charge in [0.15, 0.2) is 11.5 Å². The number of ether oxygens (including phenoxy) is 3. The van der Waals surface area contributed by atoms with Crippen LogP contribution in [0.2, 0.25) is 0 Å². The molecule has 0 bridgehead atoms. The lowest BCUT2D eigenvalue weighted by atomic mass is 9.99. The predicted molar refractivity (Wildman–Crippen MR) is 114 cm³/mol. The van der Waals surface area contributed by atoms with E-state index >= 15 is 0 Å². The Morgan fingerprint density at radius 1 is 1.09 bits per heavy atom. The second-order valence-electron chi connectivity index (χ2n) is 7.18. The van der Waals surface area contributed by atoms with Crippen molar-refractivity contribution < 1.29 is 33.3 Å². The molecule has 32 heavy (non-hydrogen) atoms. The first kappa shape index (κ1) is 19.7. The largest absolute Gasteiger partial charge is 0.507 e. The second-order valence-corrected chi connectivity index (χ2v) is 7.18. The van der Waals surface area contributed by atoms with Gasteiger partial charge in [-0.1, -0.05) is 6.07 Å². The van der Waals surface area contributed by atoms with Crippen LogP contribution in [0.1, 0.15) is 24.3 Å². The van der Waals surface area contributed by atoms with Gasteiger partial charge in [0.1, 0.15) is 23.3 Å². The zero-order valence-electron chi connectivity index (χ0n) is 17.1. The number of amides is 1. The van der Waals surface area contributed by atoms with E-state index in [-0.39, 0.29) is 18.1 Å². The Labute approximate surface area is 183 Å². The van der Waals surface area contributed by atoms with Gasteiger partial charge in [-0.15, -0.1) is 0 Å². The molecular formula is C24H19NO7. The number of carbonyl (C=O) groups excluding carboxylic acids is 2. The number of anilines is 1. The second kappa shape index (κ2) is 7.81. The molecule has 3 aromatic rings. The summed E-state index contributed by atoms with van der Waals surface area (Å²) < 4.78 is 21.8. The van der Waals surface area contributed by atoms with E-state index in [0.29, 0.717) is 40.9 Å². The highest BCUT2D eigenvalue weighted by atomic mass is 16.7. The molecule has 1 N–H and O–H groups in total. The van der Waals surface area contributed by atoms with Crippen molar-refractivity contribution in [2.24, 2.45) is 0 Å². The van der Waals surface area contributed by atoms with Crippen LogP contribution in [0.25, 0.3) is 5.76 Å². The van der Waals surface area contributed by atoms with E-state index in [0.717, 1.165) is 0 Å². The zero-order chi connectivity index (χ0) is 22.2. The van der Waals surface area contributed by atoms with E-state index in [2.05, 4.69) is 0 Å². The van der Waals surface area contributed by atoms with Crippen LogP contribution in [-0.2, 0) is 9.59 Å².